The molecule has 0 spiro atoms. The van der Waals surface area contributed by atoms with Crippen molar-refractivity contribution >= 4 is 21.9 Å². The number of halogens is 1. The lowest BCUT2D eigenvalue weighted by Crippen LogP contribution is -2.40. The van der Waals surface area contributed by atoms with Crippen molar-refractivity contribution in [2.24, 2.45) is 0 Å². The SMILES string of the molecule is CCC(c1cccc(Br)c1)N(CC(=O)O)C1CCCC1. The summed E-state index contributed by atoms with van der Waals surface area (Å²) in [5.41, 5.74) is 1.20. The molecule has 1 fully saturated rings. The predicted octanol–water partition coefficient (Wildman–Crippen LogP) is 4.23. The molecule has 1 unspecified atom stereocenters. The van der Waals surface area contributed by atoms with Crippen LogP contribution in [0.3, 0.4) is 0 Å². The largest absolute Gasteiger partial charge is 0.480 e. The first-order chi connectivity index (χ1) is 9.61. The van der Waals surface area contributed by atoms with Gasteiger partial charge in [0.1, 0.15) is 0 Å². The van der Waals surface area contributed by atoms with Gasteiger partial charge in [-0.05, 0) is 37.0 Å². The summed E-state index contributed by atoms with van der Waals surface area (Å²) in [5.74, 6) is -0.731. The molecule has 0 aromatic heterocycles. The molecular weight excluding hydrogens is 318 g/mol. The first-order valence-corrected chi connectivity index (χ1v) is 8.14. The molecule has 2 rings (SSSR count). The molecule has 3 nitrogen and oxygen atoms in total. The maximum Gasteiger partial charge on any atom is 0.317 e. The molecule has 0 heterocycles. The van der Waals surface area contributed by atoms with Gasteiger partial charge >= 0.3 is 5.97 Å². The molecule has 1 aromatic carbocycles. The molecule has 1 N–H and O–H groups in total. The number of carboxylic acids is 1. The minimum Gasteiger partial charge on any atom is -0.480 e. The maximum absolute atomic E-state index is 11.2. The number of hydrogen-bond acceptors (Lipinski definition) is 2. The van der Waals surface area contributed by atoms with E-state index in [1.165, 1.54) is 18.4 Å². The lowest BCUT2D eigenvalue weighted by atomic mass is 10.00. The van der Waals surface area contributed by atoms with E-state index >= 15 is 0 Å². The summed E-state index contributed by atoms with van der Waals surface area (Å²) in [6.07, 6.45) is 5.61. The van der Waals surface area contributed by atoms with Crippen LogP contribution in [0.25, 0.3) is 0 Å². The van der Waals surface area contributed by atoms with Gasteiger partial charge < -0.3 is 5.11 Å². The van der Waals surface area contributed by atoms with Gasteiger partial charge in [-0.1, -0.05) is 47.8 Å². The summed E-state index contributed by atoms with van der Waals surface area (Å²) < 4.78 is 1.05. The topological polar surface area (TPSA) is 40.5 Å². The van der Waals surface area contributed by atoms with Crippen LogP contribution in [-0.2, 0) is 4.79 Å². The Hall–Kier alpha value is -0.870. The van der Waals surface area contributed by atoms with E-state index in [4.69, 9.17) is 0 Å². The highest BCUT2D eigenvalue weighted by Gasteiger charge is 2.30. The second kappa shape index (κ2) is 7.23. The van der Waals surface area contributed by atoms with Crippen LogP contribution in [0.4, 0.5) is 0 Å². The van der Waals surface area contributed by atoms with Gasteiger partial charge in [0.2, 0.25) is 0 Å². The van der Waals surface area contributed by atoms with Crippen molar-refractivity contribution in [1.82, 2.24) is 4.90 Å². The van der Waals surface area contributed by atoms with Crippen LogP contribution in [-0.4, -0.2) is 28.6 Å². The Morgan fingerprint density at radius 2 is 2.15 bits per heavy atom. The van der Waals surface area contributed by atoms with Crippen molar-refractivity contribution in [2.75, 3.05) is 6.54 Å². The number of aliphatic carboxylic acids is 1. The molecule has 4 heteroatoms. The van der Waals surface area contributed by atoms with E-state index in [9.17, 15) is 9.90 Å². The lowest BCUT2D eigenvalue weighted by molar-refractivity contribution is -0.139. The zero-order valence-corrected chi connectivity index (χ0v) is 13.5. The molecule has 1 atom stereocenters. The third-order valence-corrected chi connectivity index (χ3v) is 4.63. The zero-order chi connectivity index (χ0) is 14.5. The Morgan fingerprint density at radius 3 is 2.70 bits per heavy atom. The summed E-state index contributed by atoms with van der Waals surface area (Å²) in [6, 6.07) is 8.84. The normalized spacial score (nSPS) is 17.6. The summed E-state index contributed by atoms with van der Waals surface area (Å²) in [6.45, 7) is 2.27. The zero-order valence-electron chi connectivity index (χ0n) is 11.9. The van der Waals surface area contributed by atoms with Crippen molar-refractivity contribution in [3.63, 3.8) is 0 Å². The fourth-order valence-corrected chi connectivity index (χ4v) is 3.68. The fourth-order valence-electron chi connectivity index (χ4n) is 3.26. The molecule has 0 radical (unpaired) electrons. The quantitative estimate of drug-likeness (QED) is 0.842. The van der Waals surface area contributed by atoms with Gasteiger partial charge in [0.15, 0.2) is 0 Å². The molecular formula is C16H22BrNO2. The summed E-state index contributed by atoms with van der Waals surface area (Å²) in [4.78, 5) is 13.4. The minimum atomic E-state index is -0.731. The highest BCUT2D eigenvalue weighted by molar-refractivity contribution is 9.10. The van der Waals surface area contributed by atoms with Gasteiger partial charge in [-0.15, -0.1) is 0 Å². The van der Waals surface area contributed by atoms with Crippen molar-refractivity contribution in [3.8, 4) is 0 Å². The number of carboxylic acid groups (broad SMARTS) is 1. The Bertz CT molecular complexity index is 458. The van der Waals surface area contributed by atoms with Crippen molar-refractivity contribution < 1.29 is 9.90 Å². The van der Waals surface area contributed by atoms with Gasteiger partial charge in [0.05, 0.1) is 6.54 Å². The van der Waals surface area contributed by atoms with E-state index in [1.807, 2.05) is 12.1 Å². The van der Waals surface area contributed by atoms with E-state index in [1.54, 1.807) is 0 Å². The average molecular weight is 340 g/mol. The minimum absolute atomic E-state index is 0.135. The molecule has 0 saturated heterocycles. The van der Waals surface area contributed by atoms with Crippen molar-refractivity contribution in [3.05, 3.63) is 34.3 Å². The third kappa shape index (κ3) is 3.83. The van der Waals surface area contributed by atoms with Crippen LogP contribution in [0.2, 0.25) is 0 Å². The van der Waals surface area contributed by atoms with Crippen LogP contribution in [0, 0.1) is 0 Å². The third-order valence-electron chi connectivity index (χ3n) is 4.13. The van der Waals surface area contributed by atoms with Gasteiger partial charge in [-0.3, -0.25) is 9.69 Å². The number of hydrogen-bond donors (Lipinski definition) is 1. The van der Waals surface area contributed by atoms with E-state index in [0.29, 0.717) is 6.04 Å². The molecule has 1 aliphatic carbocycles. The average Bonchev–Trinajstić information content (AvgIpc) is 2.92. The number of rotatable bonds is 6. The van der Waals surface area contributed by atoms with Crippen LogP contribution in [0.1, 0.15) is 50.6 Å². The lowest BCUT2D eigenvalue weighted by Gasteiger charge is -2.35. The smallest absolute Gasteiger partial charge is 0.317 e. The second-order valence-electron chi connectivity index (χ2n) is 5.48. The fraction of sp³-hybridized carbons (Fsp3) is 0.562. The van der Waals surface area contributed by atoms with Crippen LogP contribution in [0.15, 0.2) is 28.7 Å². The van der Waals surface area contributed by atoms with Gasteiger partial charge in [0, 0.05) is 16.6 Å². The van der Waals surface area contributed by atoms with Crippen LogP contribution in [0.5, 0.6) is 0 Å². The molecule has 1 aromatic rings. The van der Waals surface area contributed by atoms with Crippen LogP contribution >= 0.6 is 15.9 Å². The summed E-state index contributed by atoms with van der Waals surface area (Å²) >= 11 is 3.51. The van der Waals surface area contributed by atoms with E-state index in [0.717, 1.165) is 23.7 Å². The second-order valence-corrected chi connectivity index (χ2v) is 6.40. The number of benzene rings is 1. The first-order valence-electron chi connectivity index (χ1n) is 7.34. The van der Waals surface area contributed by atoms with E-state index < -0.39 is 5.97 Å². The standard InChI is InChI=1S/C16H22BrNO2/c1-2-15(12-6-5-7-13(17)10-12)18(11-16(19)20)14-8-3-4-9-14/h5-7,10,14-15H,2-4,8-9,11H2,1H3,(H,19,20). The van der Waals surface area contributed by atoms with Gasteiger partial charge in [0.25, 0.3) is 0 Å². The molecule has 1 aliphatic rings. The number of nitrogens with zero attached hydrogens (tertiary/aromatic N) is 1. The van der Waals surface area contributed by atoms with Crippen molar-refractivity contribution in [1.29, 1.82) is 0 Å². The molecule has 0 amide bonds. The predicted molar refractivity (Wildman–Crippen MR) is 83.8 cm³/mol. The van der Waals surface area contributed by atoms with Gasteiger partial charge in [-0.25, -0.2) is 0 Å². The first kappa shape index (κ1) is 15.5. The Balaban J connectivity index is 2.25. The highest BCUT2D eigenvalue weighted by Crippen LogP contribution is 2.33. The molecule has 110 valence electrons. The van der Waals surface area contributed by atoms with Gasteiger partial charge in [-0.2, -0.15) is 0 Å². The van der Waals surface area contributed by atoms with E-state index in [-0.39, 0.29) is 12.6 Å². The molecule has 0 aliphatic heterocycles. The Morgan fingerprint density at radius 1 is 1.45 bits per heavy atom. The van der Waals surface area contributed by atoms with Crippen LogP contribution < -0.4 is 0 Å². The highest BCUT2D eigenvalue weighted by atomic mass is 79.9. The van der Waals surface area contributed by atoms with E-state index in [2.05, 4.69) is 39.9 Å². The summed E-state index contributed by atoms with van der Waals surface area (Å²) in [7, 11) is 0. The molecule has 20 heavy (non-hydrogen) atoms. The maximum atomic E-state index is 11.2. The number of carbonyl (C=O) groups is 1. The monoisotopic (exact) mass is 339 g/mol. The Kier molecular flexibility index (Phi) is 5.61. The Labute approximate surface area is 129 Å². The van der Waals surface area contributed by atoms with Crippen molar-refractivity contribution in [2.45, 2.75) is 51.1 Å². The molecule has 0 bridgehead atoms. The molecule has 1 saturated carbocycles. The summed E-state index contributed by atoms with van der Waals surface area (Å²) in [5, 5.41) is 9.24.